The van der Waals surface area contributed by atoms with Gasteiger partial charge in [-0.3, -0.25) is 9.59 Å². The minimum Gasteiger partial charge on any atom is -0.352 e. The summed E-state index contributed by atoms with van der Waals surface area (Å²) in [5, 5.41) is 2.57. The number of benzene rings is 2. The van der Waals surface area contributed by atoms with Gasteiger partial charge in [0, 0.05) is 37.7 Å². The third-order valence-electron chi connectivity index (χ3n) is 4.17. The Morgan fingerprint density at radius 1 is 1.00 bits per heavy atom. The second kappa shape index (κ2) is 7.42. The number of hydrogen-bond acceptors (Lipinski definition) is 2. The molecule has 0 aromatic heterocycles. The average molecular weight is 344 g/mol. The van der Waals surface area contributed by atoms with Crippen LogP contribution < -0.4 is 5.32 Å². The second-order valence-corrected chi connectivity index (χ2v) is 6.04. The molecule has 0 spiro atoms. The summed E-state index contributed by atoms with van der Waals surface area (Å²) in [6.07, 6.45) is 0.779. The van der Waals surface area contributed by atoms with E-state index in [-0.39, 0.29) is 18.0 Å². The van der Waals surface area contributed by atoms with Crippen LogP contribution in [-0.2, 0) is 17.9 Å². The molecule has 2 amide bonds. The number of nitrogens with one attached hydrogen (secondary N) is 1. The highest BCUT2D eigenvalue weighted by atomic mass is 19.1. The number of halogens is 2. The lowest BCUT2D eigenvalue weighted by Gasteiger charge is -2.15. The maximum absolute atomic E-state index is 13.1. The van der Waals surface area contributed by atoms with Crippen LogP contribution >= 0.6 is 0 Å². The molecule has 0 aliphatic carbocycles. The lowest BCUT2D eigenvalue weighted by atomic mass is 10.1. The summed E-state index contributed by atoms with van der Waals surface area (Å²) >= 11 is 0. The molecule has 6 heteroatoms. The molecule has 0 saturated carbocycles. The van der Waals surface area contributed by atoms with Crippen LogP contribution in [0.25, 0.3) is 0 Å². The normalized spacial score (nSPS) is 12.8. The lowest BCUT2D eigenvalue weighted by Crippen LogP contribution is -2.28. The van der Waals surface area contributed by atoms with Crippen molar-refractivity contribution in [3.05, 3.63) is 70.8 Å². The van der Waals surface area contributed by atoms with Crippen molar-refractivity contribution in [3.63, 3.8) is 0 Å². The van der Waals surface area contributed by atoms with Gasteiger partial charge >= 0.3 is 0 Å². The minimum absolute atomic E-state index is 0.0299. The van der Waals surface area contributed by atoms with Crippen LogP contribution in [0.5, 0.6) is 0 Å². The van der Waals surface area contributed by atoms with Crippen molar-refractivity contribution in [3.8, 4) is 0 Å². The molecule has 2 aromatic rings. The second-order valence-electron chi connectivity index (χ2n) is 6.04. The Bertz CT molecular complexity index is 763. The van der Waals surface area contributed by atoms with E-state index in [0.717, 1.165) is 23.3 Å². The van der Waals surface area contributed by atoms with E-state index in [4.69, 9.17) is 0 Å². The quantitative estimate of drug-likeness (QED) is 0.848. The van der Waals surface area contributed by atoms with Gasteiger partial charge in [-0.05, 0) is 29.7 Å². The zero-order valence-electron chi connectivity index (χ0n) is 13.6. The van der Waals surface area contributed by atoms with Gasteiger partial charge in [0.05, 0.1) is 0 Å². The van der Waals surface area contributed by atoms with Crippen LogP contribution in [0.4, 0.5) is 8.78 Å². The number of nitrogens with zero attached hydrogens (tertiary/aromatic N) is 1. The standard InChI is InChI=1S/C19H18F2N2O2/c20-16-8-15(9-17(21)10-16)19(25)22-7-3-6-18(24)23-11-13-4-1-2-5-14(13)12-23/h1-2,4-5,8-10H,3,6-7,11-12H2,(H,22,25). The molecule has 0 saturated heterocycles. The molecule has 1 aliphatic heterocycles. The number of rotatable bonds is 5. The molecule has 1 N–H and O–H groups in total. The van der Waals surface area contributed by atoms with E-state index >= 15 is 0 Å². The van der Waals surface area contributed by atoms with Crippen molar-refractivity contribution < 1.29 is 18.4 Å². The highest BCUT2D eigenvalue weighted by Crippen LogP contribution is 2.22. The molecule has 0 unspecified atom stereocenters. The highest BCUT2D eigenvalue weighted by Gasteiger charge is 2.22. The summed E-state index contributed by atoms with van der Waals surface area (Å²) in [7, 11) is 0. The van der Waals surface area contributed by atoms with E-state index in [2.05, 4.69) is 5.32 Å². The first-order valence-corrected chi connectivity index (χ1v) is 8.12. The molecule has 3 rings (SSSR count). The fourth-order valence-corrected chi connectivity index (χ4v) is 2.90. The summed E-state index contributed by atoms with van der Waals surface area (Å²) < 4.78 is 26.2. The zero-order valence-corrected chi connectivity index (χ0v) is 13.6. The minimum atomic E-state index is -0.797. The Morgan fingerprint density at radius 3 is 2.20 bits per heavy atom. The van der Waals surface area contributed by atoms with E-state index in [1.807, 2.05) is 24.3 Å². The van der Waals surface area contributed by atoms with Gasteiger partial charge in [-0.25, -0.2) is 8.78 Å². The third-order valence-corrected chi connectivity index (χ3v) is 4.17. The molecular weight excluding hydrogens is 326 g/mol. The Labute approximate surface area is 144 Å². The van der Waals surface area contributed by atoms with E-state index in [9.17, 15) is 18.4 Å². The van der Waals surface area contributed by atoms with Gasteiger partial charge in [0.1, 0.15) is 11.6 Å². The van der Waals surface area contributed by atoms with Crippen molar-refractivity contribution in [2.24, 2.45) is 0 Å². The van der Waals surface area contributed by atoms with Gasteiger partial charge in [-0.2, -0.15) is 0 Å². The lowest BCUT2D eigenvalue weighted by molar-refractivity contribution is -0.131. The third kappa shape index (κ3) is 4.21. The van der Waals surface area contributed by atoms with Crippen molar-refractivity contribution in [1.82, 2.24) is 10.2 Å². The van der Waals surface area contributed by atoms with E-state index in [1.165, 1.54) is 0 Å². The summed E-state index contributed by atoms with van der Waals surface area (Å²) in [5.41, 5.74) is 2.26. The fourth-order valence-electron chi connectivity index (χ4n) is 2.90. The Kier molecular flexibility index (Phi) is 5.07. The van der Waals surface area contributed by atoms with E-state index in [0.29, 0.717) is 32.0 Å². The average Bonchev–Trinajstić information content (AvgIpc) is 3.01. The number of fused-ring (bicyclic) bond motifs is 1. The maximum atomic E-state index is 13.1. The predicted molar refractivity (Wildman–Crippen MR) is 88.6 cm³/mol. The van der Waals surface area contributed by atoms with Gasteiger partial charge < -0.3 is 10.2 Å². The van der Waals surface area contributed by atoms with Gasteiger partial charge in [0.25, 0.3) is 5.91 Å². The van der Waals surface area contributed by atoms with Crippen LogP contribution in [0.3, 0.4) is 0 Å². The fraction of sp³-hybridized carbons (Fsp3) is 0.263. The topological polar surface area (TPSA) is 49.4 Å². The first kappa shape index (κ1) is 17.1. The Morgan fingerprint density at radius 2 is 1.60 bits per heavy atom. The number of amides is 2. The van der Waals surface area contributed by atoms with Crippen LogP contribution in [0, 0.1) is 11.6 Å². The van der Waals surface area contributed by atoms with Gasteiger partial charge in [-0.1, -0.05) is 24.3 Å². The van der Waals surface area contributed by atoms with Gasteiger partial charge in [0.15, 0.2) is 0 Å². The number of carbonyl (C=O) groups is 2. The molecule has 25 heavy (non-hydrogen) atoms. The summed E-state index contributed by atoms with van der Waals surface area (Å²) in [5.74, 6) is -2.12. The molecular formula is C19H18F2N2O2. The van der Waals surface area contributed by atoms with Crippen LogP contribution in [-0.4, -0.2) is 23.3 Å². The van der Waals surface area contributed by atoms with Gasteiger partial charge in [0.2, 0.25) is 5.91 Å². The number of carbonyl (C=O) groups excluding carboxylic acids is 2. The molecule has 1 heterocycles. The molecule has 4 nitrogen and oxygen atoms in total. The summed E-state index contributed by atoms with van der Waals surface area (Å²) in [6.45, 7) is 1.50. The van der Waals surface area contributed by atoms with Crippen LogP contribution in [0.1, 0.15) is 34.3 Å². The largest absolute Gasteiger partial charge is 0.352 e. The predicted octanol–water partition coefficient (Wildman–Crippen LogP) is 3.02. The summed E-state index contributed by atoms with van der Waals surface area (Å²) in [4.78, 5) is 25.9. The zero-order chi connectivity index (χ0) is 17.8. The highest BCUT2D eigenvalue weighted by molar-refractivity contribution is 5.94. The molecule has 0 bridgehead atoms. The van der Waals surface area contributed by atoms with Crippen LogP contribution in [0.15, 0.2) is 42.5 Å². The molecule has 0 fully saturated rings. The Balaban J connectivity index is 1.43. The number of hydrogen-bond donors (Lipinski definition) is 1. The van der Waals surface area contributed by atoms with Gasteiger partial charge in [-0.15, -0.1) is 0 Å². The van der Waals surface area contributed by atoms with Crippen molar-refractivity contribution >= 4 is 11.8 Å². The van der Waals surface area contributed by atoms with Crippen molar-refractivity contribution in [2.75, 3.05) is 6.54 Å². The molecule has 130 valence electrons. The molecule has 2 aromatic carbocycles. The van der Waals surface area contributed by atoms with Crippen molar-refractivity contribution in [1.29, 1.82) is 0 Å². The van der Waals surface area contributed by atoms with Crippen molar-refractivity contribution in [2.45, 2.75) is 25.9 Å². The Hall–Kier alpha value is -2.76. The molecule has 0 atom stereocenters. The van der Waals surface area contributed by atoms with E-state index < -0.39 is 17.5 Å². The first-order chi connectivity index (χ1) is 12.0. The smallest absolute Gasteiger partial charge is 0.251 e. The monoisotopic (exact) mass is 344 g/mol. The SMILES string of the molecule is O=C(NCCCC(=O)N1Cc2ccccc2C1)c1cc(F)cc(F)c1. The summed E-state index contributed by atoms with van der Waals surface area (Å²) in [6, 6.07) is 10.6. The first-order valence-electron chi connectivity index (χ1n) is 8.12. The molecule has 1 aliphatic rings. The maximum Gasteiger partial charge on any atom is 0.251 e. The van der Waals surface area contributed by atoms with Crippen LogP contribution in [0.2, 0.25) is 0 Å². The van der Waals surface area contributed by atoms with E-state index in [1.54, 1.807) is 4.90 Å². The molecule has 0 radical (unpaired) electrons.